The van der Waals surface area contributed by atoms with Crippen LogP contribution < -0.4 is 0 Å². The van der Waals surface area contributed by atoms with Crippen LogP contribution in [0.15, 0.2) is 17.5 Å². The number of thiophene rings is 1. The van der Waals surface area contributed by atoms with Crippen molar-refractivity contribution in [2.75, 3.05) is 0 Å². The minimum atomic E-state index is 1.30. The van der Waals surface area contributed by atoms with Crippen molar-refractivity contribution in [1.29, 1.82) is 0 Å². The van der Waals surface area contributed by atoms with Gasteiger partial charge in [-0.25, -0.2) is 0 Å². The average Bonchev–Trinajstić information content (AvgIpc) is 3.17. The van der Waals surface area contributed by atoms with Crippen LogP contribution in [0.4, 0.5) is 0 Å². The standard InChI is InChI=1S/C25H46S/c1-2-3-4-5-6-7-8-9-10-11-12-13-14-15-16-17-18-19-20-22-25-23-21-24-26-25/h21,23-24H,2-20,22H2,1H3. The van der Waals surface area contributed by atoms with Crippen molar-refractivity contribution in [3.63, 3.8) is 0 Å². The van der Waals surface area contributed by atoms with E-state index in [-0.39, 0.29) is 0 Å². The van der Waals surface area contributed by atoms with Gasteiger partial charge < -0.3 is 0 Å². The molecular formula is C25H46S. The molecule has 0 spiro atoms. The zero-order valence-electron chi connectivity index (χ0n) is 17.8. The molecule has 0 aromatic carbocycles. The minimum absolute atomic E-state index is 1.30. The Morgan fingerprint density at radius 2 is 0.923 bits per heavy atom. The molecule has 0 unspecified atom stereocenters. The van der Waals surface area contributed by atoms with Crippen LogP contribution in [-0.2, 0) is 6.42 Å². The van der Waals surface area contributed by atoms with Crippen molar-refractivity contribution >= 4 is 11.3 Å². The van der Waals surface area contributed by atoms with Crippen molar-refractivity contribution in [3.05, 3.63) is 22.4 Å². The molecule has 0 saturated carbocycles. The molecule has 1 aromatic heterocycles. The van der Waals surface area contributed by atoms with Crippen molar-refractivity contribution in [2.24, 2.45) is 0 Å². The molecule has 1 aromatic rings. The Kier molecular flexibility index (Phi) is 17.8. The highest BCUT2D eigenvalue weighted by Gasteiger charge is 1.96. The number of rotatable bonds is 20. The molecule has 0 atom stereocenters. The van der Waals surface area contributed by atoms with Gasteiger partial charge in [0.25, 0.3) is 0 Å². The van der Waals surface area contributed by atoms with Gasteiger partial charge >= 0.3 is 0 Å². The predicted octanol–water partition coefficient (Wildman–Crippen LogP) is 9.72. The van der Waals surface area contributed by atoms with E-state index in [1.807, 2.05) is 11.3 Å². The van der Waals surface area contributed by atoms with Gasteiger partial charge in [0.05, 0.1) is 0 Å². The highest BCUT2D eigenvalue weighted by atomic mass is 32.1. The molecule has 152 valence electrons. The van der Waals surface area contributed by atoms with Gasteiger partial charge in [-0.1, -0.05) is 129 Å². The lowest BCUT2D eigenvalue weighted by Gasteiger charge is -2.04. The third-order valence-electron chi connectivity index (χ3n) is 5.61. The largest absolute Gasteiger partial charge is 0.149 e. The molecule has 0 saturated heterocycles. The second-order valence-corrected chi connectivity index (χ2v) is 9.23. The summed E-state index contributed by atoms with van der Waals surface area (Å²) in [5.41, 5.74) is 0. The SMILES string of the molecule is CCCCCCCCCCCCCCCCCCCCCc1cccs1. The van der Waals surface area contributed by atoms with E-state index in [0.717, 1.165) is 0 Å². The van der Waals surface area contributed by atoms with E-state index in [1.54, 1.807) is 4.88 Å². The lowest BCUT2D eigenvalue weighted by Crippen LogP contribution is -1.85. The van der Waals surface area contributed by atoms with Crippen LogP contribution in [0.3, 0.4) is 0 Å². The fourth-order valence-corrected chi connectivity index (χ4v) is 4.58. The summed E-state index contributed by atoms with van der Waals surface area (Å²) in [4.78, 5) is 1.57. The maximum Gasteiger partial charge on any atom is 0.00452 e. The van der Waals surface area contributed by atoms with Crippen molar-refractivity contribution in [1.82, 2.24) is 0 Å². The fourth-order valence-electron chi connectivity index (χ4n) is 3.83. The number of aryl methyl sites for hydroxylation is 1. The zero-order valence-corrected chi connectivity index (χ0v) is 18.6. The molecular weight excluding hydrogens is 332 g/mol. The summed E-state index contributed by atoms with van der Waals surface area (Å²) < 4.78 is 0. The van der Waals surface area contributed by atoms with Crippen molar-refractivity contribution in [3.8, 4) is 0 Å². The first kappa shape index (κ1) is 23.7. The summed E-state index contributed by atoms with van der Waals surface area (Å²) >= 11 is 1.91. The van der Waals surface area contributed by atoms with Gasteiger partial charge in [0, 0.05) is 4.88 Å². The quantitative estimate of drug-likeness (QED) is 0.198. The molecule has 0 amide bonds. The van der Waals surface area contributed by atoms with Gasteiger partial charge in [-0.15, -0.1) is 11.3 Å². The van der Waals surface area contributed by atoms with E-state index in [4.69, 9.17) is 0 Å². The summed E-state index contributed by atoms with van der Waals surface area (Å²) in [6.45, 7) is 2.30. The molecule has 0 N–H and O–H groups in total. The van der Waals surface area contributed by atoms with Crippen LogP contribution in [-0.4, -0.2) is 0 Å². The molecule has 0 aliphatic rings. The first-order valence-electron chi connectivity index (χ1n) is 12.0. The van der Waals surface area contributed by atoms with Gasteiger partial charge in [-0.2, -0.15) is 0 Å². The van der Waals surface area contributed by atoms with E-state index < -0.39 is 0 Å². The van der Waals surface area contributed by atoms with Gasteiger partial charge in [-0.3, -0.25) is 0 Å². The third kappa shape index (κ3) is 15.9. The molecule has 0 fully saturated rings. The van der Waals surface area contributed by atoms with Gasteiger partial charge in [0.15, 0.2) is 0 Å². The summed E-state index contributed by atoms with van der Waals surface area (Å²) in [5, 5.41) is 2.20. The first-order valence-corrected chi connectivity index (χ1v) is 12.8. The normalized spacial score (nSPS) is 11.3. The maximum atomic E-state index is 2.30. The molecule has 1 heteroatoms. The Morgan fingerprint density at radius 1 is 0.538 bits per heavy atom. The second kappa shape index (κ2) is 19.5. The van der Waals surface area contributed by atoms with E-state index in [0.29, 0.717) is 0 Å². The average molecular weight is 379 g/mol. The zero-order chi connectivity index (χ0) is 18.5. The van der Waals surface area contributed by atoms with Gasteiger partial charge in [0.1, 0.15) is 0 Å². The Hall–Kier alpha value is -0.300. The Bertz CT molecular complexity index is 354. The van der Waals surface area contributed by atoms with Crippen LogP contribution in [0, 0.1) is 0 Å². The van der Waals surface area contributed by atoms with Crippen LogP contribution in [0.5, 0.6) is 0 Å². The number of unbranched alkanes of at least 4 members (excludes halogenated alkanes) is 18. The van der Waals surface area contributed by atoms with E-state index in [2.05, 4.69) is 24.4 Å². The molecule has 1 rings (SSSR count). The van der Waals surface area contributed by atoms with Gasteiger partial charge in [0.2, 0.25) is 0 Å². The number of hydrogen-bond donors (Lipinski definition) is 0. The van der Waals surface area contributed by atoms with Crippen molar-refractivity contribution < 1.29 is 0 Å². The molecule has 1 heterocycles. The molecule has 0 aliphatic carbocycles. The summed E-state index contributed by atoms with van der Waals surface area (Å²) in [6, 6.07) is 4.45. The Labute approximate surface area is 169 Å². The monoisotopic (exact) mass is 378 g/mol. The molecule has 0 radical (unpaired) electrons. The first-order chi connectivity index (χ1) is 12.9. The smallest absolute Gasteiger partial charge is 0.00452 e. The third-order valence-corrected chi connectivity index (χ3v) is 6.54. The summed E-state index contributed by atoms with van der Waals surface area (Å²) in [5.74, 6) is 0. The molecule has 26 heavy (non-hydrogen) atoms. The van der Waals surface area contributed by atoms with Gasteiger partial charge in [-0.05, 0) is 24.3 Å². The maximum absolute atomic E-state index is 2.30. The van der Waals surface area contributed by atoms with Crippen molar-refractivity contribution in [2.45, 2.75) is 135 Å². The van der Waals surface area contributed by atoms with Crippen LogP contribution >= 0.6 is 11.3 Å². The second-order valence-electron chi connectivity index (χ2n) is 8.19. The molecule has 0 bridgehead atoms. The molecule has 0 aliphatic heterocycles. The minimum Gasteiger partial charge on any atom is -0.149 e. The van der Waals surface area contributed by atoms with E-state index in [9.17, 15) is 0 Å². The summed E-state index contributed by atoms with van der Waals surface area (Å²) in [7, 11) is 0. The van der Waals surface area contributed by atoms with E-state index in [1.165, 1.54) is 128 Å². The van der Waals surface area contributed by atoms with E-state index >= 15 is 0 Å². The number of hydrogen-bond acceptors (Lipinski definition) is 1. The van der Waals surface area contributed by atoms with Crippen LogP contribution in [0.25, 0.3) is 0 Å². The molecule has 0 nitrogen and oxygen atoms in total. The van der Waals surface area contributed by atoms with Crippen LogP contribution in [0.2, 0.25) is 0 Å². The topological polar surface area (TPSA) is 0 Å². The Balaban J connectivity index is 1.65. The highest BCUT2D eigenvalue weighted by molar-refractivity contribution is 7.09. The fraction of sp³-hybridized carbons (Fsp3) is 0.840. The summed E-state index contributed by atoms with van der Waals surface area (Å²) in [6.07, 6.45) is 29.1. The lowest BCUT2D eigenvalue weighted by molar-refractivity contribution is 0.523. The van der Waals surface area contributed by atoms with Crippen LogP contribution in [0.1, 0.15) is 134 Å². The Morgan fingerprint density at radius 3 is 1.27 bits per heavy atom. The predicted molar refractivity (Wildman–Crippen MR) is 121 cm³/mol. The highest BCUT2D eigenvalue weighted by Crippen LogP contribution is 2.16. The lowest BCUT2D eigenvalue weighted by atomic mass is 10.0.